The van der Waals surface area contributed by atoms with Crippen LogP contribution in [0.25, 0.3) is 4.96 Å². The fraction of sp³-hybridized carbons (Fsp3) is 0.647. The van der Waals surface area contributed by atoms with Crippen LogP contribution in [0.5, 0.6) is 0 Å². The molecule has 1 atom stereocenters. The molecule has 0 spiro atoms. The smallest absolute Gasteiger partial charge is 0.258 e. The third kappa shape index (κ3) is 4.23. The molecule has 1 N–H and O–H groups in total. The van der Waals surface area contributed by atoms with Gasteiger partial charge in [-0.25, -0.2) is 4.98 Å². The second kappa shape index (κ2) is 7.72. The van der Waals surface area contributed by atoms with Crippen LogP contribution in [0.1, 0.15) is 19.0 Å². The fourth-order valence-electron chi connectivity index (χ4n) is 3.85. The first-order chi connectivity index (χ1) is 11.6. The molecule has 2 aromatic heterocycles. The van der Waals surface area contributed by atoms with E-state index in [-0.39, 0.29) is 18.0 Å². The van der Waals surface area contributed by atoms with Crippen LogP contribution in [-0.2, 0) is 6.54 Å². The lowest BCUT2D eigenvalue weighted by molar-refractivity contribution is 0.0926. The number of aromatic nitrogens is 2. The number of rotatable bonds is 4. The van der Waals surface area contributed by atoms with E-state index in [9.17, 15) is 4.79 Å². The predicted octanol–water partition coefficient (Wildman–Crippen LogP) is 1.29. The van der Waals surface area contributed by atoms with Crippen molar-refractivity contribution in [1.82, 2.24) is 24.5 Å². The van der Waals surface area contributed by atoms with Crippen LogP contribution >= 0.6 is 23.7 Å². The van der Waals surface area contributed by atoms with Crippen molar-refractivity contribution in [3.63, 3.8) is 0 Å². The Kier molecular flexibility index (Phi) is 5.80. The second-order valence-electron chi connectivity index (χ2n) is 7.43. The predicted molar refractivity (Wildman–Crippen MR) is 104 cm³/mol. The van der Waals surface area contributed by atoms with Gasteiger partial charge in [-0.1, -0.05) is 6.92 Å². The Bertz CT molecular complexity index is 762. The zero-order valence-electron chi connectivity index (χ0n) is 14.6. The summed E-state index contributed by atoms with van der Waals surface area (Å²) in [5.74, 6) is 0. The normalized spacial score (nSPS) is 25.3. The van der Waals surface area contributed by atoms with Gasteiger partial charge in [-0.3, -0.25) is 14.1 Å². The van der Waals surface area contributed by atoms with Gasteiger partial charge in [-0.15, -0.1) is 23.7 Å². The van der Waals surface area contributed by atoms with Crippen molar-refractivity contribution in [1.29, 1.82) is 0 Å². The van der Waals surface area contributed by atoms with E-state index in [4.69, 9.17) is 0 Å². The van der Waals surface area contributed by atoms with Crippen LogP contribution in [0.2, 0.25) is 0 Å². The summed E-state index contributed by atoms with van der Waals surface area (Å²) in [6.07, 6.45) is 3.07. The highest BCUT2D eigenvalue weighted by Gasteiger charge is 2.31. The van der Waals surface area contributed by atoms with E-state index in [0.29, 0.717) is 5.41 Å². The zero-order valence-corrected chi connectivity index (χ0v) is 16.2. The second-order valence-corrected chi connectivity index (χ2v) is 8.30. The molecular weight excluding hydrogens is 358 g/mol. The molecule has 0 saturated carbocycles. The van der Waals surface area contributed by atoms with Crippen LogP contribution < -0.4 is 10.9 Å². The number of hydrogen-bond donors (Lipinski definition) is 1. The van der Waals surface area contributed by atoms with E-state index in [1.54, 1.807) is 16.7 Å². The maximum Gasteiger partial charge on any atom is 0.258 e. The summed E-state index contributed by atoms with van der Waals surface area (Å²) in [6.45, 7) is 11.0. The van der Waals surface area contributed by atoms with E-state index in [1.165, 1.54) is 24.3 Å². The Morgan fingerprint density at radius 2 is 2.04 bits per heavy atom. The first-order valence-corrected chi connectivity index (χ1v) is 9.61. The summed E-state index contributed by atoms with van der Waals surface area (Å²) in [5, 5.41) is 5.39. The SMILES string of the molecule is CC1(CN2CCN(Cc3cc(=O)n4ccsc4n3)CC2)CCNC1.Cl. The first kappa shape index (κ1) is 18.8. The number of fused-ring (bicyclic) bond motifs is 1. The molecule has 2 aliphatic heterocycles. The topological polar surface area (TPSA) is 52.9 Å². The van der Waals surface area contributed by atoms with Crippen molar-refractivity contribution in [2.75, 3.05) is 45.8 Å². The lowest BCUT2D eigenvalue weighted by Crippen LogP contribution is -2.49. The van der Waals surface area contributed by atoms with Gasteiger partial charge in [0.05, 0.1) is 5.69 Å². The Morgan fingerprint density at radius 3 is 2.76 bits per heavy atom. The molecule has 25 heavy (non-hydrogen) atoms. The standard InChI is InChI=1S/C17H25N5OS.ClH/c1-17(2-3-18-12-17)13-21-6-4-20(5-7-21)11-14-10-15(23)22-8-9-24-16(22)19-14;/h8-10,18H,2-7,11-13H2,1H3;1H. The third-order valence-corrected chi connectivity index (χ3v) is 6.03. The van der Waals surface area contributed by atoms with Crippen LogP contribution in [0, 0.1) is 5.41 Å². The largest absolute Gasteiger partial charge is 0.316 e. The van der Waals surface area contributed by atoms with Crippen LogP contribution in [-0.4, -0.2) is 65.0 Å². The van der Waals surface area contributed by atoms with Gasteiger partial charge < -0.3 is 10.2 Å². The molecule has 4 heterocycles. The quantitative estimate of drug-likeness (QED) is 0.862. The minimum Gasteiger partial charge on any atom is -0.316 e. The molecular formula is C17H26ClN5OS. The van der Waals surface area contributed by atoms with Crippen LogP contribution in [0.3, 0.4) is 0 Å². The van der Waals surface area contributed by atoms with E-state index in [2.05, 4.69) is 27.0 Å². The number of hydrogen-bond acceptors (Lipinski definition) is 6. The van der Waals surface area contributed by atoms with Crippen LogP contribution in [0.4, 0.5) is 0 Å². The Labute approximate surface area is 158 Å². The highest BCUT2D eigenvalue weighted by atomic mass is 35.5. The minimum atomic E-state index is 0. The number of nitrogens with zero attached hydrogens (tertiary/aromatic N) is 4. The van der Waals surface area contributed by atoms with Gasteiger partial charge in [-0.2, -0.15) is 0 Å². The molecule has 2 aliphatic rings. The van der Waals surface area contributed by atoms with E-state index >= 15 is 0 Å². The summed E-state index contributed by atoms with van der Waals surface area (Å²) in [7, 11) is 0. The lowest BCUT2D eigenvalue weighted by Gasteiger charge is -2.38. The number of piperazine rings is 1. The van der Waals surface area contributed by atoms with Crippen molar-refractivity contribution < 1.29 is 0 Å². The van der Waals surface area contributed by atoms with Gasteiger partial charge in [0.25, 0.3) is 5.56 Å². The van der Waals surface area contributed by atoms with Crippen molar-refractivity contribution in [2.45, 2.75) is 19.9 Å². The summed E-state index contributed by atoms with van der Waals surface area (Å²) in [4.78, 5) is 22.5. The molecule has 0 amide bonds. The maximum atomic E-state index is 12.1. The molecule has 2 fully saturated rings. The minimum absolute atomic E-state index is 0. The fourth-order valence-corrected chi connectivity index (χ4v) is 4.59. The highest BCUT2D eigenvalue weighted by molar-refractivity contribution is 7.15. The van der Waals surface area contributed by atoms with E-state index in [1.807, 2.05) is 5.38 Å². The molecule has 2 aromatic rings. The molecule has 8 heteroatoms. The summed E-state index contributed by atoms with van der Waals surface area (Å²) in [5.41, 5.74) is 1.35. The van der Waals surface area contributed by atoms with E-state index in [0.717, 1.165) is 56.5 Å². The lowest BCUT2D eigenvalue weighted by atomic mass is 9.89. The molecule has 138 valence electrons. The van der Waals surface area contributed by atoms with Crippen molar-refractivity contribution in [2.24, 2.45) is 5.41 Å². The first-order valence-electron chi connectivity index (χ1n) is 8.73. The van der Waals surface area contributed by atoms with E-state index < -0.39 is 0 Å². The Hall–Kier alpha value is -0.990. The summed E-state index contributed by atoms with van der Waals surface area (Å²) in [6, 6.07) is 1.68. The molecule has 0 bridgehead atoms. The van der Waals surface area contributed by atoms with Crippen molar-refractivity contribution in [3.05, 3.63) is 33.7 Å². The van der Waals surface area contributed by atoms with Crippen molar-refractivity contribution in [3.8, 4) is 0 Å². The Morgan fingerprint density at radius 1 is 1.28 bits per heavy atom. The van der Waals surface area contributed by atoms with Gasteiger partial charge in [0.1, 0.15) is 0 Å². The van der Waals surface area contributed by atoms with Crippen LogP contribution in [0.15, 0.2) is 22.4 Å². The maximum absolute atomic E-state index is 12.1. The number of halogens is 1. The average molecular weight is 384 g/mol. The molecule has 0 radical (unpaired) electrons. The Balaban J connectivity index is 0.00000182. The molecule has 1 unspecified atom stereocenters. The van der Waals surface area contributed by atoms with Gasteiger partial charge >= 0.3 is 0 Å². The molecule has 6 nitrogen and oxygen atoms in total. The van der Waals surface area contributed by atoms with Crippen molar-refractivity contribution >= 4 is 28.7 Å². The van der Waals surface area contributed by atoms with Gasteiger partial charge in [0, 0.05) is 63.5 Å². The molecule has 4 rings (SSSR count). The van der Waals surface area contributed by atoms with Gasteiger partial charge in [0.2, 0.25) is 0 Å². The highest BCUT2D eigenvalue weighted by Crippen LogP contribution is 2.26. The number of nitrogens with one attached hydrogen (secondary N) is 1. The monoisotopic (exact) mass is 383 g/mol. The average Bonchev–Trinajstić information content (AvgIpc) is 3.19. The number of thiazole rings is 1. The van der Waals surface area contributed by atoms with Gasteiger partial charge in [-0.05, 0) is 18.4 Å². The molecule has 0 aliphatic carbocycles. The molecule has 0 aromatic carbocycles. The van der Waals surface area contributed by atoms with Gasteiger partial charge in [0.15, 0.2) is 4.96 Å². The summed E-state index contributed by atoms with van der Waals surface area (Å²) >= 11 is 1.51. The molecule has 2 saturated heterocycles. The summed E-state index contributed by atoms with van der Waals surface area (Å²) < 4.78 is 1.61. The third-order valence-electron chi connectivity index (χ3n) is 5.27. The zero-order chi connectivity index (χ0) is 16.6.